The summed E-state index contributed by atoms with van der Waals surface area (Å²) < 4.78 is 4.82. The molecule has 0 bridgehead atoms. The van der Waals surface area contributed by atoms with E-state index in [2.05, 4.69) is 24.1 Å². The second-order valence-corrected chi connectivity index (χ2v) is 6.17. The fraction of sp³-hybridized carbons (Fsp3) is 0.562. The molecule has 0 saturated carbocycles. The smallest absolute Gasteiger partial charge is 0.339 e. The van der Waals surface area contributed by atoms with Crippen LogP contribution in [0.5, 0.6) is 0 Å². The van der Waals surface area contributed by atoms with Gasteiger partial charge in [-0.1, -0.05) is 11.6 Å². The Hall–Kier alpha value is -1.26. The zero-order chi connectivity index (χ0) is 15.4. The largest absolute Gasteiger partial charge is 0.465 e. The second kappa shape index (κ2) is 7.14. The van der Waals surface area contributed by atoms with Gasteiger partial charge in [0, 0.05) is 30.2 Å². The first-order chi connectivity index (χ1) is 10.0. The summed E-state index contributed by atoms with van der Waals surface area (Å²) in [6, 6.07) is 6.16. The molecule has 0 amide bonds. The molecule has 1 aliphatic rings. The molecule has 2 rings (SSSR count). The topological polar surface area (TPSA) is 41.6 Å². The Morgan fingerprint density at radius 1 is 1.38 bits per heavy atom. The minimum absolute atomic E-state index is 0.339. The van der Waals surface area contributed by atoms with Gasteiger partial charge in [-0.2, -0.15) is 0 Å². The standard InChI is InChI=1S/C16H23ClN2O2/c1-11(2)19-8-6-13(7-9-19)18-15-10-12(17)4-5-14(15)16(20)21-3/h4-5,10-11,13,18H,6-9H2,1-3H3. The lowest BCUT2D eigenvalue weighted by molar-refractivity contribution is 0.0601. The van der Waals surface area contributed by atoms with E-state index >= 15 is 0 Å². The number of nitrogens with one attached hydrogen (secondary N) is 1. The van der Waals surface area contributed by atoms with E-state index in [1.165, 1.54) is 7.11 Å². The van der Waals surface area contributed by atoms with Crippen LogP contribution >= 0.6 is 11.6 Å². The van der Waals surface area contributed by atoms with Gasteiger partial charge in [0.1, 0.15) is 0 Å². The summed E-state index contributed by atoms with van der Waals surface area (Å²) in [5, 5.41) is 4.07. The van der Waals surface area contributed by atoms with Crippen LogP contribution in [0.15, 0.2) is 18.2 Å². The lowest BCUT2D eigenvalue weighted by atomic mass is 10.0. The molecule has 1 heterocycles. The number of benzene rings is 1. The van der Waals surface area contributed by atoms with Gasteiger partial charge in [-0.15, -0.1) is 0 Å². The average Bonchev–Trinajstić information content (AvgIpc) is 2.47. The number of likely N-dealkylation sites (tertiary alicyclic amines) is 1. The van der Waals surface area contributed by atoms with Crippen molar-refractivity contribution in [2.75, 3.05) is 25.5 Å². The number of nitrogens with zero attached hydrogens (tertiary/aromatic N) is 1. The molecule has 1 aromatic carbocycles. The first kappa shape index (κ1) is 16.1. The minimum atomic E-state index is -0.339. The molecule has 5 heteroatoms. The van der Waals surface area contributed by atoms with Gasteiger partial charge in [0.15, 0.2) is 0 Å². The molecule has 1 fully saturated rings. The fourth-order valence-electron chi connectivity index (χ4n) is 2.70. The van der Waals surface area contributed by atoms with E-state index in [1.54, 1.807) is 18.2 Å². The van der Waals surface area contributed by atoms with Crippen LogP contribution in [0.3, 0.4) is 0 Å². The number of carbonyl (C=O) groups excluding carboxylic acids is 1. The quantitative estimate of drug-likeness (QED) is 0.865. The number of carbonyl (C=O) groups is 1. The van der Waals surface area contributed by atoms with Gasteiger partial charge in [0.25, 0.3) is 0 Å². The lowest BCUT2D eigenvalue weighted by Gasteiger charge is -2.35. The van der Waals surface area contributed by atoms with Crippen molar-refractivity contribution >= 4 is 23.3 Å². The molecule has 21 heavy (non-hydrogen) atoms. The van der Waals surface area contributed by atoms with Crippen molar-refractivity contribution in [1.82, 2.24) is 4.90 Å². The Balaban J connectivity index is 2.06. The van der Waals surface area contributed by atoms with E-state index in [0.29, 0.717) is 22.7 Å². The third-order valence-electron chi connectivity index (χ3n) is 4.01. The van der Waals surface area contributed by atoms with Gasteiger partial charge in [-0.3, -0.25) is 0 Å². The molecule has 0 spiro atoms. The van der Waals surface area contributed by atoms with E-state index in [1.807, 2.05) is 0 Å². The predicted octanol–water partition coefficient (Wildman–Crippen LogP) is 3.41. The highest BCUT2D eigenvalue weighted by atomic mass is 35.5. The summed E-state index contributed by atoms with van der Waals surface area (Å²) in [5.41, 5.74) is 1.30. The average molecular weight is 311 g/mol. The minimum Gasteiger partial charge on any atom is -0.465 e. The maximum absolute atomic E-state index is 11.8. The zero-order valence-electron chi connectivity index (χ0n) is 12.9. The van der Waals surface area contributed by atoms with Crippen LogP contribution in [-0.2, 0) is 4.74 Å². The summed E-state index contributed by atoms with van der Waals surface area (Å²) in [6.45, 7) is 6.59. The second-order valence-electron chi connectivity index (χ2n) is 5.73. The van der Waals surface area contributed by atoms with E-state index in [0.717, 1.165) is 31.6 Å². The van der Waals surface area contributed by atoms with Crippen molar-refractivity contribution in [3.63, 3.8) is 0 Å². The van der Waals surface area contributed by atoms with Crippen molar-refractivity contribution in [2.45, 2.75) is 38.8 Å². The van der Waals surface area contributed by atoms with E-state index in [4.69, 9.17) is 16.3 Å². The highest BCUT2D eigenvalue weighted by Crippen LogP contribution is 2.25. The van der Waals surface area contributed by atoms with Gasteiger partial charge in [-0.25, -0.2) is 4.79 Å². The number of ether oxygens (including phenoxy) is 1. The van der Waals surface area contributed by atoms with Crippen LogP contribution in [0.4, 0.5) is 5.69 Å². The summed E-state index contributed by atoms with van der Waals surface area (Å²) in [7, 11) is 1.39. The number of esters is 1. The number of hydrogen-bond acceptors (Lipinski definition) is 4. The normalized spacial score (nSPS) is 17.0. The molecule has 1 aromatic rings. The lowest BCUT2D eigenvalue weighted by Crippen LogP contribution is -2.42. The van der Waals surface area contributed by atoms with E-state index in [9.17, 15) is 4.79 Å². The SMILES string of the molecule is COC(=O)c1ccc(Cl)cc1NC1CCN(C(C)C)CC1. The predicted molar refractivity (Wildman–Crippen MR) is 86.1 cm³/mol. The van der Waals surface area contributed by atoms with Gasteiger partial charge < -0.3 is 15.0 Å². The Morgan fingerprint density at radius 3 is 2.62 bits per heavy atom. The molecule has 0 unspecified atom stereocenters. The zero-order valence-corrected chi connectivity index (χ0v) is 13.6. The number of hydrogen-bond donors (Lipinski definition) is 1. The highest BCUT2D eigenvalue weighted by Gasteiger charge is 2.22. The number of anilines is 1. The van der Waals surface area contributed by atoms with E-state index in [-0.39, 0.29) is 5.97 Å². The maximum atomic E-state index is 11.8. The van der Waals surface area contributed by atoms with Crippen molar-refractivity contribution in [1.29, 1.82) is 0 Å². The molecule has 116 valence electrons. The van der Waals surface area contributed by atoms with Crippen LogP contribution in [0.25, 0.3) is 0 Å². The van der Waals surface area contributed by atoms with Crippen molar-refractivity contribution in [3.8, 4) is 0 Å². The molecular formula is C16H23ClN2O2. The Bertz CT molecular complexity index is 497. The fourth-order valence-corrected chi connectivity index (χ4v) is 2.88. The summed E-state index contributed by atoms with van der Waals surface area (Å²) >= 11 is 6.05. The van der Waals surface area contributed by atoms with Crippen LogP contribution in [0, 0.1) is 0 Å². The molecule has 0 atom stereocenters. The summed E-state index contributed by atoms with van der Waals surface area (Å²) in [5.74, 6) is -0.339. The molecule has 0 aromatic heterocycles. The van der Waals surface area contributed by atoms with Crippen LogP contribution < -0.4 is 5.32 Å². The van der Waals surface area contributed by atoms with Crippen LogP contribution in [0.1, 0.15) is 37.0 Å². The van der Waals surface area contributed by atoms with Crippen LogP contribution in [-0.4, -0.2) is 43.2 Å². The number of rotatable bonds is 4. The van der Waals surface area contributed by atoms with Gasteiger partial charge in [-0.05, 0) is 44.9 Å². The number of halogens is 1. The van der Waals surface area contributed by atoms with Crippen molar-refractivity contribution in [2.24, 2.45) is 0 Å². The molecule has 1 saturated heterocycles. The van der Waals surface area contributed by atoms with Crippen LogP contribution in [0.2, 0.25) is 5.02 Å². The molecule has 1 aliphatic heterocycles. The van der Waals surface area contributed by atoms with E-state index < -0.39 is 0 Å². The summed E-state index contributed by atoms with van der Waals surface area (Å²) in [6.07, 6.45) is 2.12. The summed E-state index contributed by atoms with van der Waals surface area (Å²) in [4.78, 5) is 14.3. The van der Waals surface area contributed by atoms with Gasteiger partial charge in [0.2, 0.25) is 0 Å². The first-order valence-corrected chi connectivity index (χ1v) is 7.77. The third-order valence-corrected chi connectivity index (χ3v) is 4.24. The first-order valence-electron chi connectivity index (χ1n) is 7.39. The Morgan fingerprint density at radius 2 is 2.05 bits per heavy atom. The number of piperidine rings is 1. The Labute approximate surface area is 131 Å². The number of methoxy groups -OCH3 is 1. The van der Waals surface area contributed by atoms with Crippen molar-refractivity contribution < 1.29 is 9.53 Å². The van der Waals surface area contributed by atoms with Crippen molar-refractivity contribution in [3.05, 3.63) is 28.8 Å². The monoisotopic (exact) mass is 310 g/mol. The highest BCUT2D eigenvalue weighted by molar-refractivity contribution is 6.31. The molecule has 1 N–H and O–H groups in total. The van der Waals surface area contributed by atoms with Gasteiger partial charge >= 0.3 is 5.97 Å². The molecule has 4 nitrogen and oxygen atoms in total. The molecule has 0 radical (unpaired) electrons. The maximum Gasteiger partial charge on any atom is 0.339 e. The third kappa shape index (κ3) is 4.11. The Kier molecular flexibility index (Phi) is 5.48. The van der Waals surface area contributed by atoms with Gasteiger partial charge in [0.05, 0.1) is 18.4 Å². The molecular weight excluding hydrogens is 288 g/mol. The molecule has 0 aliphatic carbocycles.